The maximum absolute atomic E-state index is 11.9. The van der Waals surface area contributed by atoms with Gasteiger partial charge in [-0.15, -0.1) is 21.6 Å². The number of rotatable bonds is 16. The zero-order valence-corrected chi connectivity index (χ0v) is 26.9. The van der Waals surface area contributed by atoms with Crippen LogP contribution in [0.15, 0.2) is 58.8 Å². The third-order valence-corrected chi connectivity index (χ3v) is 8.19. The molecule has 12 heteroatoms. The van der Waals surface area contributed by atoms with Gasteiger partial charge in [-0.1, -0.05) is 30.3 Å². The van der Waals surface area contributed by atoms with Gasteiger partial charge in [0.2, 0.25) is 0 Å². The van der Waals surface area contributed by atoms with Gasteiger partial charge < -0.3 is 14.4 Å². The van der Waals surface area contributed by atoms with Gasteiger partial charge in [0, 0.05) is 25.2 Å². The molecule has 0 spiro atoms. The molecule has 0 saturated carbocycles. The van der Waals surface area contributed by atoms with Crippen molar-refractivity contribution >= 4 is 39.7 Å². The molecule has 0 aliphatic rings. The summed E-state index contributed by atoms with van der Waals surface area (Å²) in [6, 6.07) is 20.5. The SMILES string of the molecule is Cc1cc(N(CCC(C)OCCC(C)OC(=O)CCC(=O)O[NH3+])Cc2ccccc2)ccc1N=Nc1sc(C#N)c(C)c1C#N. The van der Waals surface area contributed by atoms with Gasteiger partial charge in [0.1, 0.15) is 23.1 Å². The number of quaternary nitrogens is 1. The molecule has 3 aromatic rings. The van der Waals surface area contributed by atoms with Gasteiger partial charge in [-0.2, -0.15) is 16.4 Å². The Bertz CT molecular complexity index is 1560. The smallest absolute Gasteiger partial charge is 0.366 e. The number of aryl methyl sites for hydroxylation is 1. The Labute approximate surface area is 267 Å². The summed E-state index contributed by atoms with van der Waals surface area (Å²) < 4.78 is 11.4. The Kier molecular flexibility index (Phi) is 13.7. The number of hydrogen-bond acceptors (Lipinski definition) is 11. The van der Waals surface area contributed by atoms with E-state index in [0.29, 0.717) is 46.3 Å². The van der Waals surface area contributed by atoms with Crippen molar-refractivity contribution in [2.45, 2.75) is 72.1 Å². The van der Waals surface area contributed by atoms with Crippen LogP contribution >= 0.6 is 11.3 Å². The van der Waals surface area contributed by atoms with Gasteiger partial charge in [0.25, 0.3) is 0 Å². The summed E-state index contributed by atoms with van der Waals surface area (Å²) in [5.74, 6) is 2.03. The highest BCUT2D eigenvalue weighted by Gasteiger charge is 2.17. The van der Waals surface area contributed by atoms with Crippen LogP contribution < -0.4 is 10.8 Å². The molecule has 2 atom stereocenters. The van der Waals surface area contributed by atoms with Crippen LogP contribution in [0.2, 0.25) is 0 Å². The van der Waals surface area contributed by atoms with Crippen LogP contribution in [0.4, 0.5) is 16.4 Å². The fourth-order valence-corrected chi connectivity index (χ4v) is 5.31. The van der Waals surface area contributed by atoms with Gasteiger partial charge in [0.15, 0.2) is 5.00 Å². The molecule has 236 valence electrons. The van der Waals surface area contributed by atoms with Crippen molar-refractivity contribution in [2.24, 2.45) is 10.2 Å². The molecule has 45 heavy (non-hydrogen) atoms. The molecule has 0 fully saturated rings. The fraction of sp³-hybridized carbons (Fsp3) is 0.394. The Morgan fingerprint density at radius 1 is 0.978 bits per heavy atom. The van der Waals surface area contributed by atoms with Crippen LogP contribution in [0.1, 0.15) is 66.7 Å². The van der Waals surface area contributed by atoms with E-state index in [-0.39, 0.29) is 25.0 Å². The first-order valence-electron chi connectivity index (χ1n) is 14.7. The molecule has 0 aliphatic carbocycles. The Morgan fingerprint density at radius 2 is 1.71 bits per heavy atom. The van der Waals surface area contributed by atoms with Crippen LogP contribution in [-0.4, -0.2) is 37.3 Å². The topological polar surface area (TPSA) is 165 Å². The van der Waals surface area contributed by atoms with Crippen molar-refractivity contribution in [3.8, 4) is 12.1 Å². The monoisotopic (exact) mass is 631 g/mol. The number of carbonyl (C=O) groups is 2. The van der Waals surface area contributed by atoms with Crippen molar-refractivity contribution in [1.29, 1.82) is 10.5 Å². The number of thiophene rings is 1. The highest BCUT2D eigenvalue weighted by atomic mass is 32.1. The second-order valence-corrected chi connectivity index (χ2v) is 11.6. The van der Waals surface area contributed by atoms with Gasteiger partial charge in [-0.3, -0.25) is 9.63 Å². The third kappa shape index (κ3) is 10.8. The van der Waals surface area contributed by atoms with E-state index in [4.69, 9.17) is 9.47 Å². The summed E-state index contributed by atoms with van der Waals surface area (Å²) in [4.78, 5) is 30.1. The molecule has 2 unspecified atom stereocenters. The minimum absolute atomic E-state index is 0.0333. The summed E-state index contributed by atoms with van der Waals surface area (Å²) in [5, 5.41) is 28.0. The molecule has 0 bridgehead atoms. The molecule has 0 radical (unpaired) electrons. The van der Waals surface area contributed by atoms with E-state index in [9.17, 15) is 20.1 Å². The molecular formula is C33H39N6O5S+. The van der Waals surface area contributed by atoms with Crippen LogP contribution in [0.5, 0.6) is 0 Å². The molecule has 3 rings (SSSR count). The van der Waals surface area contributed by atoms with Gasteiger partial charge in [0.05, 0.1) is 36.8 Å². The van der Waals surface area contributed by atoms with Crippen LogP contribution in [-0.2, 0) is 30.4 Å². The number of carbonyl (C=O) groups excluding carboxylic acids is 2. The number of benzene rings is 2. The van der Waals surface area contributed by atoms with E-state index in [2.05, 4.69) is 56.2 Å². The lowest BCUT2D eigenvalue weighted by Gasteiger charge is -2.27. The fourth-order valence-electron chi connectivity index (χ4n) is 4.43. The standard InChI is InChI=1S/C33H39N6O5S/c1-22-18-27(10-11-29(22)37-38-33-28(19-34)25(4)30(20-35)45-33)39(21-26-8-6-5-7-9-26)16-14-23(2)42-17-15-24(3)43-31(40)12-13-32(41)44-36/h5-11,18,23-24H,12-17,21H2,1-4,36H3/q+1. The van der Waals surface area contributed by atoms with Crippen molar-refractivity contribution in [1.82, 2.24) is 0 Å². The van der Waals surface area contributed by atoms with E-state index in [1.807, 2.05) is 44.2 Å². The quantitative estimate of drug-likeness (QED) is 0.112. The van der Waals surface area contributed by atoms with E-state index in [1.54, 1.807) is 13.8 Å². The summed E-state index contributed by atoms with van der Waals surface area (Å²) in [5.41, 5.74) is 4.82. The second kappa shape index (κ2) is 17.6. The van der Waals surface area contributed by atoms with E-state index >= 15 is 0 Å². The molecule has 11 nitrogen and oxygen atoms in total. The highest BCUT2D eigenvalue weighted by Crippen LogP contribution is 2.36. The van der Waals surface area contributed by atoms with Crippen molar-refractivity contribution in [3.63, 3.8) is 0 Å². The first-order chi connectivity index (χ1) is 21.6. The summed E-state index contributed by atoms with van der Waals surface area (Å²) in [7, 11) is 0. The number of esters is 1. The number of nitrogens with zero attached hydrogens (tertiary/aromatic N) is 5. The van der Waals surface area contributed by atoms with Gasteiger partial charge in [-0.05, 0) is 69.0 Å². The van der Waals surface area contributed by atoms with Crippen LogP contribution in [0.3, 0.4) is 0 Å². The average molecular weight is 632 g/mol. The largest absolute Gasteiger partial charge is 0.463 e. The maximum atomic E-state index is 11.9. The zero-order valence-electron chi connectivity index (χ0n) is 26.1. The second-order valence-electron chi connectivity index (χ2n) is 10.6. The molecule has 0 saturated heterocycles. The highest BCUT2D eigenvalue weighted by molar-refractivity contribution is 7.16. The van der Waals surface area contributed by atoms with Crippen molar-refractivity contribution in [3.05, 3.63) is 75.7 Å². The Hall–Kier alpha value is -4.62. The first kappa shape index (κ1) is 34.9. The van der Waals surface area contributed by atoms with Crippen molar-refractivity contribution in [2.75, 3.05) is 18.1 Å². The Morgan fingerprint density at radius 3 is 2.38 bits per heavy atom. The molecule has 1 heterocycles. The van der Waals surface area contributed by atoms with Crippen LogP contribution in [0.25, 0.3) is 0 Å². The van der Waals surface area contributed by atoms with Gasteiger partial charge in [-0.25, -0.2) is 4.79 Å². The van der Waals surface area contributed by atoms with E-state index in [0.717, 1.165) is 35.6 Å². The zero-order chi connectivity index (χ0) is 32.8. The summed E-state index contributed by atoms with van der Waals surface area (Å²) >= 11 is 1.16. The third-order valence-electron chi connectivity index (χ3n) is 7.11. The van der Waals surface area contributed by atoms with Crippen molar-refractivity contribution < 1.29 is 29.8 Å². The molecule has 3 N–H and O–H groups in total. The minimum atomic E-state index is -0.551. The number of anilines is 1. The number of nitriles is 2. The summed E-state index contributed by atoms with van der Waals surface area (Å²) in [6.45, 7) is 9.41. The minimum Gasteiger partial charge on any atom is -0.463 e. The predicted molar refractivity (Wildman–Crippen MR) is 170 cm³/mol. The molecular weight excluding hydrogens is 592 g/mol. The number of hydrogen-bond donors (Lipinski definition) is 1. The Balaban J connectivity index is 1.62. The first-order valence-corrected chi connectivity index (χ1v) is 15.5. The maximum Gasteiger partial charge on any atom is 0.366 e. The van der Waals surface area contributed by atoms with Crippen LogP contribution in [0, 0.1) is 36.5 Å². The average Bonchev–Trinajstić information content (AvgIpc) is 3.35. The number of azo groups is 1. The van der Waals surface area contributed by atoms with E-state index in [1.165, 1.54) is 5.56 Å². The molecule has 2 aromatic carbocycles. The molecule has 0 aliphatic heterocycles. The molecule has 1 aromatic heterocycles. The van der Waals surface area contributed by atoms with E-state index < -0.39 is 11.9 Å². The lowest BCUT2D eigenvalue weighted by molar-refractivity contribution is -0.657. The predicted octanol–water partition coefficient (Wildman–Crippen LogP) is 6.13. The lowest BCUT2D eigenvalue weighted by atomic mass is 10.1. The normalized spacial score (nSPS) is 12.2. The number of ether oxygens (including phenoxy) is 2. The lowest BCUT2D eigenvalue weighted by Crippen LogP contribution is -2.51. The van der Waals surface area contributed by atoms with Gasteiger partial charge >= 0.3 is 11.9 Å². The molecule has 0 amide bonds. The summed E-state index contributed by atoms with van der Waals surface area (Å²) in [6.07, 6.45) is 0.834.